The van der Waals surface area contributed by atoms with E-state index in [1.165, 1.54) is 14.2 Å². The number of fused-ring (bicyclic) bond motifs is 1. The van der Waals surface area contributed by atoms with E-state index in [0.717, 1.165) is 5.57 Å². The topological polar surface area (TPSA) is 120 Å². The molecule has 2 N–H and O–H groups in total. The number of amidine groups is 1. The summed E-state index contributed by atoms with van der Waals surface area (Å²) in [5, 5.41) is 25.6. The standard InChI is InChI=1S/C20H21N5O3/c1-14-9-10-19(13-22)18(11-14,12-21)16(25-20(19,27-2)28-3)24-17(26)23-15-7-5-4-6-8-15/h4-9H,10-11H2,1-3H3,(H2,23,24,25,26)/t18-,19+/m1/s1. The number of nitrogens with one attached hydrogen (secondary N) is 2. The highest BCUT2D eigenvalue weighted by Gasteiger charge is 2.74. The maximum Gasteiger partial charge on any atom is 0.324 e. The largest absolute Gasteiger partial charge is 0.333 e. The van der Waals surface area contributed by atoms with Crippen molar-refractivity contribution in [3.8, 4) is 12.1 Å². The number of carbonyl (C=O) groups is 1. The van der Waals surface area contributed by atoms with E-state index in [4.69, 9.17) is 9.47 Å². The molecule has 2 amide bonds. The molecule has 0 saturated carbocycles. The first kappa shape index (κ1) is 19.6. The lowest BCUT2D eigenvalue weighted by atomic mass is 9.57. The summed E-state index contributed by atoms with van der Waals surface area (Å²) in [6, 6.07) is 12.8. The van der Waals surface area contributed by atoms with Crippen LogP contribution in [0.15, 0.2) is 47.0 Å². The number of allylic oxidation sites excluding steroid dienone is 2. The number of anilines is 1. The Morgan fingerprint density at radius 1 is 1.14 bits per heavy atom. The second kappa shape index (κ2) is 7.08. The molecule has 0 aromatic heterocycles. The van der Waals surface area contributed by atoms with Crippen molar-refractivity contribution >= 4 is 17.6 Å². The number of methoxy groups -OCH3 is 2. The van der Waals surface area contributed by atoms with E-state index in [0.29, 0.717) is 5.69 Å². The van der Waals surface area contributed by atoms with Crippen LogP contribution in [-0.4, -0.2) is 32.0 Å². The maximum absolute atomic E-state index is 12.6. The summed E-state index contributed by atoms with van der Waals surface area (Å²) in [7, 11) is 2.73. The van der Waals surface area contributed by atoms with E-state index in [9.17, 15) is 15.3 Å². The second-order valence-corrected chi connectivity index (χ2v) is 6.86. The summed E-state index contributed by atoms with van der Waals surface area (Å²) in [5.41, 5.74) is -1.35. The van der Waals surface area contributed by atoms with E-state index in [1.807, 2.05) is 19.1 Å². The average molecular weight is 379 g/mol. The van der Waals surface area contributed by atoms with Gasteiger partial charge in [-0.15, -0.1) is 0 Å². The Kier molecular flexibility index (Phi) is 4.95. The molecule has 8 nitrogen and oxygen atoms in total. The fourth-order valence-electron chi connectivity index (χ4n) is 4.01. The van der Waals surface area contributed by atoms with Crippen molar-refractivity contribution in [3.05, 3.63) is 42.0 Å². The van der Waals surface area contributed by atoms with Gasteiger partial charge in [0.15, 0.2) is 5.41 Å². The highest BCUT2D eigenvalue weighted by Crippen LogP contribution is 2.61. The van der Waals surface area contributed by atoms with Crippen LogP contribution in [0.5, 0.6) is 0 Å². The number of amides is 2. The van der Waals surface area contributed by atoms with Crippen LogP contribution in [0.1, 0.15) is 19.8 Å². The van der Waals surface area contributed by atoms with E-state index < -0.39 is 22.8 Å². The molecule has 144 valence electrons. The minimum atomic E-state index is -1.70. The number of hydrogen-bond acceptors (Lipinski definition) is 6. The van der Waals surface area contributed by atoms with E-state index >= 15 is 0 Å². The number of ether oxygens (including phenoxy) is 2. The molecule has 8 heteroatoms. The van der Waals surface area contributed by atoms with Crippen molar-refractivity contribution in [2.45, 2.75) is 25.7 Å². The van der Waals surface area contributed by atoms with Gasteiger partial charge in [0.05, 0.1) is 12.1 Å². The lowest BCUT2D eigenvalue weighted by molar-refractivity contribution is -0.260. The van der Waals surface area contributed by atoms with Gasteiger partial charge < -0.3 is 14.8 Å². The molecule has 1 aliphatic heterocycles. The average Bonchev–Trinajstić information content (AvgIpc) is 2.95. The number of para-hydroxylation sites is 1. The zero-order valence-corrected chi connectivity index (χ0v) is 15.9. The molecular formula is C20H21N5O3. The highest BCUT2D eigenvalue weighted by molar-refractivity contribution is 6.08. The van der Waals surface area contributed by atoms with Crippen LogP contribution in [0, 0.1) is 33.5 Å². The van der Waals surface area contributed by atoms with Crippen LogP contribution in [0.4, 0.5) is 10.5 Å². The van der Waals surface area contributed by atoms with Crippen molar-refractivity contribution in [2.75, 3.05) is 19.5 Å². The smallest absolute Gasteiger partial charge is 0.324 e. The Morgan fingerprint density at radius 3 is 2.39 bits per heavy atom. The zero-order chi connectivity index (χ0) is 20.4. The van der Waals surface area contributed by atoms with Gasteiger partial charge in [-0.25, -0.2) is 9.79 Å². The van der Waals surface area contributed by atoms with Crippen LogP contribution in [0.2, 0.25) is 0 Å². The number of hydrogen-bond donors (Lipinski definition) is 2. The van der Waals surface area contributed by atoms with Crippen LogP contribution in [-0.2, 0) is 9.47 Å². The normalized spacial score (nSPS) is 27.5. The first-order valence-corrected chi connectivity index (χ1v) is 8.74. The van der Waals surface area contributed by atoms with Gasteiger partial charge in [0.25, 0.3) is 5.91 Å². The minimum absolute atomic E-state index is 0.0566. The molecule has 0 saturated heterocycles. The van der Waals surface area contributed by atoms with Gasteiger partial charge in [0, 0.05) is 19.9 Å². The molecule has 1 aromatic rings. The van der Waals surface area contributed by atoms with E-state index in [-0.39, 0.29) is 18.7 Å². The van der Waals surface area contributed by atoms with Crippen LogP contribution in [0.25, 0.3) is 0 Å². The molecule has 1 heterocycles. The Balaban J connectivity index is 2.04. The van der Waals surface area contributed by atoms with Gasteiger partial charge in [-0.2, -0.15) is 10.5 Å². The number of benzene rings is 1. The molecule has 2 atom stereocenters. The van der Waals surface area contributed by atoms with E-state index in [2.05, 4.69) is 27.8 Å². The molecular weight excluding hydrogens is 358 g/mol. The van der Waals surface area contributed by atoms with Crippen molar-refractivity contribution in [1.29, 1.82) is 10.5 Å². The summed E-state index contributed by atoms with van der Waals surface area (Å²) < 4.78 is 11.0. The van der Waals surface area contributed by atoms with Crippen LogP contribution in [0.3, 0.4) is 0 Å². The summed E-state index contributed by atoms with van der Waals surface area (Å²) in [5.74, 6) is -1.65. The fraction of sp³-hybridized carbons (Fsp3) is 0.400. The monoisotopic (exact) mass is 379 g/mol. The molecule has 0 unspecified atom stereocenters. The van der Waals surface area contributed by atoms with Gasteiger partial charge >= 0.3 is 6.03 Å². The molecule has 0 bridgehead atoms. The quantitative estimate of drug-likeness (QED) is 0.618. The maximum atomic E-state index is 12.6. The minimum Gasteiger partial charge on any atom is -0.333 e. The number of nitrogens with zero attached hydrogens (tertiary/aromatic N) is 3. The summed E-state index contributed by atoms with van der Waals surface area (Å²) in [6.07, 6.45) is 2.32. The first-order valence-electron chi connectivity index (χ1n) is 8.74. The molecule has 1 aromatic carbocycles. The lowest BCUT2D eigenvalue weighted by Crippen LogP contribution is -2.58. The predicted molar refractivity (Wildman–Crippen MR) is 102 cm³/mol. The third-order valence-electron chi connectivity index (χ3n) is 5.43. The third kappa shape index (κ3) is 2.58. The van der Waals surface area contributed by atoms with Gasteiger partial charge in [-0.05, 0) is 31.9 Å². The van der Waals surface area contributed by atoms with Gasteiger partial charge in [-0.1, -0.05) is 29.8 Å². The van der Waals surface area contributed by atoms with Gasteiger partial charge in [0.1, 0.15) is 11.3 Å². The van der Waals surface area contributed by atoms with Crippen molar-refractivity contribution in [2.24, 2.45) is 15.8 Å². The highest BCUT2D eigenvalue weighted by atomic mass is 16.7. The first-order chi connectivity index (χ1) is 13.4. The van der Waals surface area contributed by atoms with Crippen LogP contribution < -0.4 is 10.6 Å². The van der Waals surface area contributed by atoms with Gasteiger partial charge in [0.2, 0.25) is 0 Å². The molecule has 0 fully saturated rings. The third-order valence-corrected chi connectivity index (χ3v) is 5.43. The SMILES string of the molecule is COC1(OC)N=C(NC(=O)Nc2ccccc2)[C@]2(C#N)CC(C)=CC[C@@]12C#N. The Labute approximate surface area is 163 Å². The lowest BCUT2D eigenvalue weighted by Gasteiger charge is -2.45. The van der Waals surface area contributed by atoms with Crippen molar-refractivity contribution < 1.29 is 14.3 Å². The second-order valence-electron chi connectivity index (χ2n) is 6.86. The zero-order valence-electron chi connectivity index (χ0n) is 15.9. The van der Waals surface area contributed by atoms with Crippen molar-refractivity contribution in [3.63, 3.8) is 0 Å². The number of nitriles is 2. The Morgan fingerprint density at radius 2 is 1.82 bits per heavy atom. The molecule has 2 aliphatic rings. The number of urea groups is 1. The number of rotatable bonds is 3. The fourth-order valence-corrected chi connectivity index (χ4v) is 4.01. The van der Waals surface area contributed by atoms with Crippen LogP contribution >= 0.6 is 0 Å². The molecule has 0 radical (unpaired) electrons. The predicted octanol–water partition coefficient (Wildman–Crippen LogP) is 2.93. The summed E-state index contributed by atoms with van der Waals surface area (Å²) in [4.78, 5) is 17.0. The number of aliphatic imine (C=N–C) groups is 1. The van der Waals surface area contributed by atoms with E-state index in [1.54, 1.807) is 24.3 Å². The molecule has 1 aliphatic carbocycles. The van der Waals surface area contributed by atoms with Crippen molar-refractivity contribution in [1.82, 2.24) is 5.32 Å². The number of carbonyl (C=O) groups excluding carboxylic acids is 1. The Bertz CT molecular complexity index is 923. The molecule has 0 spiro atoms. The van der Waals surface area contributed by atoms with Gasteiger partial charge in [-0.3, -0.25) is 5.32 Å². The Hall–Kier alpha value is -3.20. The summed E-state index contributed by atoms with van der Waals surface area (Å²) >= 11 is 0. The summed E-state index contributed by atoms with van der Waals surface area (Å²) in [6.45, 7) is 1.88. The molecule has 3 rings (SSSR count). The molecule has 28 heavy (non-hydrogen) atoms.